The summed E-state index contributed by atoms with van der Waals surface area (Å²) < 4.78 is 38.7. The van der Waals surface area contributed by atoms with Gasteiger partial charge >= 0.3 is 0 Å². The van der Waals surface area contributed by atoms with E-state index < -0.39 is 10.1 Å². The van der Waals surface area contributed by atoms with Gasteiger partial charge in [0.1, 0.15) is 22.9 Å². The van der Waals surface area contributed by atoms with Crippen molar-refractivity contribution < 1.29 is 22.1 Å². The number of hydrogen-bond donors (Lipinski definition) is 0. The van der Waals surface area contributed by atoms with E-state index in [0.717, 1.165) is 16.7 Å². The number of fused-ring (bicyclic) bond motifs is 2. The third-order valence-electron chi connectivity index (χ3n) is 7.46. The van der Waals surface area contributed by atoms with Gasteiger partial charge in [0.2, 0.25) is 0 Å². The number of carbonyl (C=O) groups is 1. The Morgan fingerprint density at radius 3 is 2.36 bits per heavy atom. The van der Waals surface area contributed by atoms with Crippen LogP contribution < -0.4 is 4.74 Å². The highest BCUT2D eigenvalue weighted by molar-refractivity contribution is 7.86. The lowest BCUT2D eigenvalue weighted by atomic mass is 9.86. The molecule has 42 heavy (non-hydrogen) atoms. The number of hydrogen-bond acceptors (Lipinski definition) is 6. The second kappa shape index (κ2) is 10.9. The summed E-state index contributed by atoms with van der Waals surface area (Å²) in [6.07, 6.45) is 0. The van der Waals surface area contributed by atoms with E-state index in [4.69, 9.17) is 37.2 Å². The van der Waals surface area contributed by atoms with E-state index in [1.165, 1.54) is 17.7 Å². The van der Waals surface area contributed by atoms with Gasteiger partial charge in [-0.05, 0) is 67.8 Å². The monoisotopic (exact) mass is 620 g/mol. The fourth-order valence-corrected chi connectivity index (χ4v) is 7.20. The van der Waals surface area contributed by atoms with Crippen LogP contribution in [0.15, 0.2) is 71.6 Å². The minimum Gasteiger partial charge on any atom is -0.488 e. The SMILES string of the molecule is Cc1cc(C)c(COc2cccc3c2C(=O)c2c(Cl)ccc4c2c-3nn4CCOS(=O)(=O)c2ccccc2Cl)c(C)c1. The van der Waals surface area contributed by atoms with E-state index in [9.17, 15) is 13.2 Å². The van der Waals surface area contributed by atoms with Crippen LogP contribution in [0.1, 0.15) is 38.2 Å². The predicted molar refractivity (Wildman–Crippen MR) is 163 cm³/mol. The lowest BCUT2D eigenvalue weighted by Gasteiger charge is -2.20. The molecule has 214 valence electrons. The highest BCUT2D eigenvalue weighted by atomic mass is 35.5. The Bertz CT molecular complexity index is 1990. The van der Waals surface area contributed by atoms with Gasteiger partial charge in [0.15, 0.2) is 5.78 Å². The maximum absolute atomic E-state index is 14.0. The van der Waals surface area contributed by atoms with Crippen LogP contribution in [-0.4, -0.2) is 30.6 Å². The smallest absolute Gasteiger partial charge is 0.298 e. The van der Waals surface area contributed by atoms with Crippen LogP contribution >= 0.6 is 23.2 Å². The van der Waals surface area contributed by atoms with Gasteiger partial charge in [-0.3, -0.25) is 13.7 Å². The Labute approximate surface area is 253 Å². The molecule has 1 aliphatic rings. The minimum atomic E-state index is -4.08. The third-order valence-corrected chi connectivity index (χ3v) is 9.59. The summed E-state index contributed by atoms with van der Waals surface area (Å²) in [6, 6.07) is 19.2. The van der Waals surface area contributed by atoms with Gasteiger partial charge in [0.25, 0.3) is 10.1 Å². The van der Waals surface area contributed by atoms with Crippen molar-refractivity contribution in [1.29, 1.82) is 0 Å². The quantitative estimate of drug-likeness (QED) is 0.164. The molecule has 0 amide bonds. The summed E-state index contributed by atoms with van der Waals surface area (Å²) in [5.74, 6) is 0.192. The first-order valence-electron chi connectivity index (χ1n) is 13.3. The molecule has 5 aromatic rings. The summed E-state index contributed by atoms with van der Waals surface area (Å²) in [5, 5.41) is 5.78. The van der Waals surface area contributed by atoms with Crippen LogP contribution in [0.4, 0.5) is 0 Å². The molecule has 1 aliphatic carbocycles. The van der Waals surface area contributed by atoms with E-state index >= 15 is 0 Å². The van der Waals surface area contributed by atoms with E-state index in [0.29, 0.717) is 50.7 Å². The van der Waals surface area contributed by atoms with E-state index in [2.05, 4.69) is 19.1 Å². The average molecular weight is 622 g/mol. The van der Waals surface area contributed by atoms with Crippen LogP contribution in [0.3, 0.4) is 0 Å². The molecule has 0 unspecified atom stereocenters. The molecule has 0 atom stereocenters. The lowest BCUT2D eigenvalue weighted by molar-refractivity contribution is 0.103. The van der Waals surface area contributed by atoms with Gasteiger partial charge in [-0.25, -0.2) is 0 Å². The predicted octanol–water partition coefficient (Wildman–Crippen LogP) is 7.46. The molecule has 0 aliphatic heterocycles. The van der Waals surface area contributed by atoms with E-state index in [-0.39, 0.29) is 28.9 Å². The van der Waals surface area contributed by atoms with Crippen LogP contribution in [0.2, 0.25) is 10.0 Å². The number of aryl methyl sites for hydroxylation is 3. The summed E-state index contributed by atoms with van der Waals surface area (Å²) in [7, 11) is -4.08. The number of carbonyl (C=O) groups excluding carboxylic acids is 1. The number of nitrogens with zero attached hydrogens (tertiary/aromatic N) is 2. The largest absolute Gasteiger partial charge is 0.488 e. The van der Waals surface area contributed by atoms with Crippen molar-refractivity contribution in [2.45, 2.75) is 38.8 Å². The Morgan fingerprint density at radius 2 is 1.62 bits per heavy atom. The number of aromatic nitrogens is 2. The zero-order valence-corrected chi connectivity index (χ0v) is 25.4. The van der Waals surface area contributed by atoms with E-state index in [1.807, 2.05) is 26.0 Å². The molecule has 1 heterocycles. The van der Waals surface area contributed by atoms with Crippen LogP contribution in [0, 0.1) is 20.8 Å². The van der Waals surface area contributed by atoms with Crippen molar-refractivity contribution in [2.75, 3.05) is 6.61 Å². The standard InChI is InChI=1S/C32H26Cl2N2O5S/c1-18-15-19(2)22(20(3)16-18)17-40-26-9-6-7-21-28(26)32(37)29-24(34)11-12-25-30(29)31(21)35-36(25)13-14-41-42(38,39)27-10-5-4-8-23(27)33/h4-12,15-16H,13-14,17H2,1-3H3. The fraction of sp³-hybridized carbons (Fsp3) is 0.188. The first-order valence-corrected chi connectivity index (χ1v) is 15.4. The number of halogens is 2. The molecule has 6 rings (SSSR count). The van der Waals surface area contributed by atoms with Crippen molar-refractivity contribution >= 4 is 50.0 Å². The summed E-state index contributed by atoms with van der Waals surface area (Å²) in [5.41, 5.74) is 7.05. The molecule has 0 radical (unpaired) electrons. The molecular formula is C32H26Cl2N2O5S. The maximum Gasteiger partial charge on any atom is 0.298 e. The second-order valence-corrected chi connectivity index (χ2v) is 12.7. The van der Waals surface area contributed by atoms with Crippen LogP contribution in [0.5, 0.6) is 5.75 Å². The minimum absolute atomic E-state index is 0.0790. The first kappa shape index (κ1) is 28.4. The zero-order chi connectivity index (χ0) is 29.8. The Morgan fingerprint density at radius 1 is 0.881 bits per heavy atom. The number of ether oxygens (including phenoxy) is 1. The van der Waals surface area contributed by atoms with Crippen molar-refractivity contribution in [3.63, 3.8) is 0 Å². The average Bonchev–Trinajstić information content (AvgIpc) is 3.30. The summed E-state index contributed by atoms with van der Waals surface area (Å²) in [4.78, 5) is 13.8. The summed E-state index contributed by atoms with van der Waals surface area (Å²) in [6.45, 7) is 6.37. The molecule has 1 aromatic heterocycles. The number of rotatable bonds is 8. The molecule has 0 bridgehead atoms. The molecule has 7 nitrogen and oxygen atoms in total. The molecular weight excluding hydrogens is 595 g/mol. The maximum atomic E-state index is 14.0. The van der Waals surface area contributed by atoms with Crippen molar-refractivity contribution in [1.82, 2.24) is 9.78 Å². The molecule has 4 aromatic carbocycles. The highest BCUT2D eigenvalue weighted by Crippen LogP contribution is 2.44. The Balaban J connectivity index is 1.34. The Kier molecular flexibility index (Phi) is 7.35. The summed E-state index contributed by atoms with van der Waals surface area (Å²) >= 11 is 12.7. The number of benzene rings is 4. The fourth-order valence-electron chi connectivity index (χ4n) is 5.57. The topological polar surface area (TPSA) is 87.5 Å². The molecule has 0 fully saturated rings. The van der Waals surface area contributed by atoms with Gasteiger partial charge in [0.05, 0.1) is 39.8 Å². The van der Waals surface area contributed by atoms with Crippen LogP contribution in [0.25, 0.3) is 22.2 Å². The number of ketones is 1. The van der Waals surface area contributed by atoms with E-state index in [1.54, 1.807) is 35.0 Å². The molecule has 10 heteroatoms. The first-order chi connectivity index (χ1) is 20.1. The van der Waals surface area contributed by atoms with Crippen molar-refractivity contribution in [3.8, 4) is 17.0 Å². The normalized spacial score (nSPS) is 12.5. The zero-order valence-electron chi connectivity index (χ0n) is 23.1. The highest BCUT2D eigenvalue weighted by Gasteiger charge is 2.33. The van der Waals surface area contributed by atoms with Crippen molar-refractivity contribution in [3.05, 3.63) is 110 Å². The molecule has 0 saturated heterocycles. The second-order valence-electron chi connectivity index (χ2n) is 10.3. The van der Waals surface area contributed by atoms with Gasteiger partial charge < -0.3 is 4.74 Å². The Hall–Kier alpha value is -3.69. The van der Waals surface area contributed by atoms with Gasteiger partial charge in [-0.1, -0.05) is 65.2 Å². The molecule has 0 saturated carbocycles. The van der Waals surface area contributed by atoms with Gasteiger partial charge in [-0.15, -0.1) is 0 Å². The third kappa shape index (κ3) is 4.88. The molecule has 0 spiro atoms. The lowest BCUT2D eigenvalue weighted by Crippen LogP contribution is -2.13. The van der Waals surface area contributed by atoms with Gasteiger partial charge in [-0.2, -0.15) is 13.5 Å². The van der Waals surface area contributed by atoms with Crippen molar-refractivity contribution in [2.24, 2.45) is 0 Å². The van der Waals surface area contributed by atoms with Crippen LogP contribution in [-0.2, 0) is 27.5 Å². The molecule has 0 N–H and O–H groups in total. The van der Waals surface area contributed by atoms with Gasteiger partial charge in [0, 0.05) is 10.9 Å².